The van der Waals surface area contributed by atoms with Gasteiger partial charge in [-0.2, -0.15) is 0 Å². The summed E-state index contributed by atoms with van der Waals surface area (Å²) < 4.78 is 13.0. The molecule has 2 aromatic carbocycles. The lowest BCUT2D eigenvalue weighted by atomic mass is 10.2. The molecule has 2 unspecified atom stereocenters. The molecule has 0 N–H and O–H groups in total. The Labute approximate surface area is 192 Å². The summed E-state index contributed by atoms with van der Waals surface area (Å²) in [4.78, 5) is 14.8. The van der Waals surface area contributed by atoms with Crippen LogP contribution < -0.4 is 4.74 Å². The van der Waals surface area contributed by atoms with Crippen molar-refractivity contribution in [2.45, 2.75) is 38.1 Å². The van der Waals surface area contributed by atoms with Crippen LogP contribution in [0.5, 0.6) is 5.75 Å². The van der Waals surface area contributed by atoms with Gasteiger partial charge in [-0.1, -0.05) is 29.5 Å². The summed E-state index contributed by atoms with van der Waals surface area (Å²) in [6.45, 7) is 7.28. The molecule has 0 saturated carbocycles. The molecule has 1 aliphatic rings. The van der Waals surface area contributed by atoms with Crippen molar-refractivity contribution in [3.63, 3.8) is 0 Å². The summed E-state index contributed by atoms with van der Waals surface area (Å²) in [6, 6.07) is 15.9. The van der Waals surface area contributed by atoms with E-state index in [2.05, 4.69) is 29.3 Å². The van der Waals surface area contributed by atoms with Crippen molar-refractivity contribution in [3.8, 4) is 22.8 Å². The number of hydrogen-bond donors (Lipinski definition) is 0. The van der Waals surface area contributed by atoms with Gasteiger partial charge in [0.1, 0.15) is 5.75 Å². The van der Waals surface area contributed by atoms with E-state index < -0.39 is 0 Å². The molecule has 8 heteroatoms. The van der Waals surface area contributed by atoms with Gasteiger partial charge in [-0.3, -0.25) is 9.36 Å². The van der Waals surface area contributed by atoms with Gasteiger partial charge in [-0.25, -0.2) is 0 Å². The number of methoxy groups -OCH3 is 1. The molecule has 0 aliphatic carbocycles. The minimum absolute atomic E-state index is 0.0468. The van der Waals surface area contributed by atoms with E-state index in [1.807, 2.05) is 59.7 Å². The topological polar surface area (TPSA) is 69.5 Å². The number of rotatable bonds is 6. The van der Waals surface area contributed by atoms with Gasteiger partial charge in [0.05, 0.1) is 25.1 Å². The van der Waals surface area contributed by atoms with Crippen molar-refractivity contribution in [3.05, 3.63) is 54.1 Å². The molecule has 1 saturated heterocycles. The average Bonchev–Trinajstić information content (AvgIpc) is 3.21. The van der Waals surface area contributed by atoms with E-state index in [0.29, 0.717) is 24.0 Å². The van der Waals surface area contributed by atoms with Crippen molar-refractivity contribution in [1.82, 2.24) is 19.7 Å². The van der Waals surface area contributed by atoms with Crippen LogP contribution in [-0.4, -0.2) is 63.7 Å². The Bertz CT molecular complexity index is 1060. The Morgan fingerprint density at radius 1 is 1.06 bits per heavy atom. The van der Waals surface area contributed by atoms with Gasteiger partial charge >= 0.3 is 0 Å². The first kappa shape index (κ1) is 22.4. The lowest BCUT2D eigenvalue weighted by molar-refractivity contribution is -0.140. The van der Waals surface area contributed by atoms with E-state index in [9.17, 15) is 4.79 Å². The van der Waals surface area contributed by atoms with Crippen molar-refractivity contribution in [2.24, 2.45) is 0 Å². The van der Waals surface area contributed by atoms with Crippen LogP contribution in [0.15, 0.2) is 53.7 Å². The first-order chi connectivity index (χ1) is 15.4. The summed E-state index contributed by atoms with van der Waals surface area (Å²) in [5, 5.41) is 9.57. The van der Waals surface area contributed by atoms with Crippen LogP contribution in [0.2, 0.25) is 0 Å². The van der Waals surface area contributed by atoms with E-state index in [4.69, 9.17) is 9.47 Å². The van der Waals surface area contributed by atoms with Gasteiger partial charge in [0.25, 0.3) is 0 Å². The number of carbonyl (C=O) groups excluding carboxylic acids is 1. The molecule has 7 nitrogen and oxygen atoms in total. The molecule has 1 aliphatic heterocycles. The molecular formula is C24H28N4O3S. The van der Waals surface area contributed by atoms with Gasteiger partial charge < -0.3 is 14.4 Å². The van der Waals surface area contributed by atoms with E-state index in [-0.39, 0.29) is 18.1 Å². The van der Waals surface area contributed by atoms with Crippen molar-refractivity contribution < 1.29 is 14.3 Å². The molecular weight excluding hydrogens is 424 g/mol. The highest BCUT2D eigenvalue weighted by Crippen LogP contribution is 2.29. The molecule has 32 heavy (non-hydrogen) atoms. The number of ether oxygens (including phenoxy) is 2. The van der Waals surface area contributed by atoms with Crippen LogP contribution in [0, 0.1) is 6.92 Å². The predicted octanol–water partition coefficient (Wildman–Crippen LogP) is 3.98. The third-order valence-corrected chi connectivity index (χ3v) is 6.28. The van der Waals surface area contributed by atoms with Crippen LogP contribution in [0.1, 0.15) is 19.4 Å². The summed E-state index contributed by atoms with van der Waals surface area (Å²) in [5.74, 6) is 1.89. The molecule has 168 valence electrons. The zero-order valence-corrected chi connectivity index (χ0v) is 19.6. The number of carbonyl (C=O) groups is 1. The molecule has 3 aromatic rings. The molecule has 4 rings (SSSR count). The summed E-state index contributed by atoms with van der Waals surface area (Å²) in [7, 11) is 1.64. The first-order valence-corrected chi connectivity index (χ1v) is 11.7. The molecule has 0 radical (unpaired) electrons. The van der Waals surface area contributed by atoms with E-state index in [1.54, 1.807) is 7.11 Å². The fourth-order valence-corrected chi connectivity index (χ4v) is 4.67. The summed E-state index contributed by atoms with van der Waals surface area (Å²) >= 11 is 1.41. The maximum absolute atomic E-state index is 12.9. The Hall–Kier alpha value is -2.84. The minimum atomic E-state index is 0.0468. The third kappa shape index (κ3) is 4.97. The number of thioether (sulfide) groups is 1. The number of aromatic nitrogens is 3. The highest BCUT2D eigenvalue weighted by Gasteiger charge is 2.26. The number of aryl methyl sites for hydroxylation is 1. The molecule has 0 spiro atoms. The van der Waals surface area contributed by atoms with Gasteiger partial charge in [-0.05, 0) is 57.2 Å². The molecule has 0 bridgehead atoms. The Morgan fingerprint density at radius 3 is 2.34 bits per heavy atom. The minimum Gasteiger partial charge on any atom is -0.497 e. The van der Waals surface area contributed by atoms with Crippen molar-refractivity contribution in [1.29, 1.82) is 0 Å². The lowest BCUT2D eigenvalue weighted by Gasteiger charge is -2.35. The smallest absolute Gasteiger partial charge is 0.233 e. The van der Waals surface area contributed by atoms with E-state index in [0.717, 1.165) is 22.8 Å². The van der Waals surface area contributed by atoms with Crippen LogP contribution in [0.25, 0.3) is 17.1 Å². The largest absolute Gasteiger partial charge is 0.497 e. The number of nitrogens with zero attached hydrogens (tertiary/aromatic N) is 4. The average molecular weight is 453 g/mol. The van der Waals surface area contributed by atoms with Crippen LogP contribution in [0.3, 0.4) is 0 Å². The quantitative estimate of drug-likeness (QED) is 0.527. The Kier molecular flexibility index (Phi) is 6.81. The second-order valence-electron chi connectivity index (χ2n) is 8.05. The molecule has 1 fully saturated rings. The monoisotopic (exact) mass is 452 g/mol. The highest BCUT2D eigenvalue weighted by atomic mass is 32.2. The SMILES string of the molecule is COc1ccc(-c2nnc(SCC(=O)N3CC(C)OC(C)C3)n2-c2ccc(C)cc2)cc1. The van der Waals surface area contributed by atoms with Crippen LogP contribution in [-0.2, 0) is 9.53 Å². The van der Waals surface area contributed by atoms with Crippen LogP contribution in [0.4, 0.5) is 0 Å². The standard InChI is InChI=1S/C24H28N4O3S/c1-16-5-9-20(10-6-16)28-23(19-7-11-21(30-4)12-8-19)25-26-24(28)32-15-22(29)27-13-17(2)31-18(3)14-27/h5-12,17-18H,13-15H2,1-4H3. The zero-order valence-electron chi connectivity index (χ0n) is 18.8. The Morgan fingerprint density at radius 2 is 1.72 bits per heavy atom. The normalized spacial score (nSPS) is 18.6. The van der Waals surface area contributed by atoms with Crippen molar-refractivity contribution in [2.75, 3.05) is 26.0 Å². The maximum atomic E-state index is 12.9. The van der Waals surface area contributed by atoms with Crippen molar-refractivity contribution >= 4 is 17.7 Å². The molecule has 2 heterocycles. The fraction of sp³-hybridized carbons (Fsp3) is 0.375. The number of benzene rings is 2. The first-order valence-electron chi connectivity index (χ1n) is 10.7. The predicted molar refractivity (Wildman–Crippen MR) is 125 cm³/mol. The summed E-state index contributed by atoms with van der Waals surface area (Å²) in [5.41, 5.74) is 3.05. The lowest BCUT2D eigenvalue weighted by Crippen LogP contribution is -2.48. The molecule has 2 atom stereocenters. The third-order valence-electron chi connectivity index (χ3n) is 5.37. The number of morpholine rings is 1. The van der Waals surface area contributed by atoms with Gasteiger partial charge in [0, 0.05) is 24.3 Å². The fourth-order valence-electron chi connectivity index (χ4n) is 3.82. The van der Waals surface area contributed by atoms with Crippen LogP contribution >= 0.6 is 11.8 Å². The molecule has 1 amide bonds. The second-order valence-corrected chi connectivity index (χ2v) is 8.99. The highest BCUT2D eigenvalue weighted by molar-refractivity contribution is 7.99. The number of amides is 1. The van der Waals surface area contributed by atoms with Gasteiger partial charge in [0.15, 0.2) is 11.0 Å². The van der Waals surface area contributed by atoms with Gasteiger partial charge in [0.2, 0.25) is 5.91 Å². The maximum Gasteiger partial charge on any atom is 0.233 e. The van der Waals surface area contributed by atoms with Gasteiger partial charge in [-0.15, -0.1) is 10.2 Å². The van der Waals surface area contributed by atoms with E-state index >= 15 is 0 Å². The van der Waals surface area contributed by atoms with E-state index in [1.165, 1.54) is 17.3 Å². The Balaban J connectivity index is 1.60. The number of hydrogen-bond acceptors (Lipinski definition) is 6. The molecule has 1 aromatic heterocycles. The second kappa shape index (κ2) is 9.75. The zero-order chi connectivity index (χ0) is 22.7. The summed E-state index contributed by atoms with van der Waals surface area (Å²) in [6.07, 6.45) is 0.0937.